The van der Waals surface area contributed by atoms with Crippen molar-refractivity contribution in [3.05, 3.63) is 78.0 Å². The van der Waals surface area contributed by atoms with Crippen LogP contribution in [0.1, 0.15) is 55.5 Å². The summed E-state index contributed by atoms with van der Waals surface area (Å²) in [6.07, 6.45) is 2.89. The summed E-state index contributed by atoms with van der Waals surface area (Å²) in [6, 6.07) is 18.9. The molecule has 4 rings (SSSR count). The molecule has 2 heterocycles. The van der Waals surface area contributed by atoms with Crippen molar-refractivity contribution < 1.29 is 19.1 Å². The highest BCUT2D eigenvalue weighted by Gasteiger charge is 2.25. The summed E-state index contributed by atoms with van der Waals surface area (Å²) in [7, 11) is 0. The van der Waals surface area contributed by atoms with E-state index in [4.69, 9.17) is 15.2 Å². The van der Waals surface area contributed by atoms with E-state index in [0.717, 1.165) is 24.2 Å². The second-order valence-corrected chi connectivity index (χ2v) is 9.84. The summed E-state index contributed by atoms with van der Waals surface area (Å²) in [4.78, 5) is 28.8. The minimum absolute atomic E-state index is 0.281. The first-order valence-corrected chi connectivity index (χ1v) is 12.1. The Morgan fingerprint density at radius 3 is 2.33 bits per heavy atom. The molecule has 0 saturated carbocycles. The molecule has 1 saturated heterocycles. The normalized spacial score (nSPS) is 14.8. The van der Waals surface area contributed by atoms with Gasteiger partial charge in [0.25, 0.3) is 0 Å². The van der Waals surface area contributed by atoms with Crippen LogP contribution in [-0.2, 0) is 4.74 Å². The fourth-order valence-electron chi connectivity index (χ4n) is 4.22. The average molecular weight is 489 g/mol. The standard InChI is InChI=1S/C28H32N4O4/c1-28(2,3)36-27(34)31-32-15-13-19(14-16-32)20-9-11-23(26(29)33)24(17-20)25-12-10-22(18-30-25)35-21-7-5-4-6-8-21/h4-12,17-19H,13-16H2,1-3H3,(H2,29,33)(H,31,34). The maximum absolute atomic E-state index is 12.1. The van der Waals surface area contributed by atoms with Gasteiger partial charge in [-0.2, -0.15) is 0 Å². The Morgan fingerprint density at radius 2 is 1.72 bits per heavy atom. The zero-order valence-corrected chi connectivity index (χ0v) is 20.9. The molecular weight excluding hydrogens is 456 g/mol. The van der Waals surface area contributed by atoms with Crippen LogP contribution in [-0.4, -0.2) is 40.7 Å². The third kappa shape index (κ3) is 6.60. The number of hydrazine groups is 1. The van der Waals surface area contributed by atoms with Crippen molar-refractivity contribution in [1.29, 1.82) is 0 Å². The number of rotatable bonds is 6. The van der Waals surface area contributed by atoms with Gasteiger partial charge in [-0.15, -0.1) is 0 Å². The number of primary amides is 1. The highest BCUT2D eigenvalue weighted by molar-refractivity contribution is 5.99. The van der Waals surface area contributed by atoms with E-state index < -0.39 is 17.6 Å². The first kappa shape index (κ1) is 25.2. The van der Waals surface area contributed by atoms with Crippen LogP contribution in [0.4, 0.5) is 4.79 Å². The Morgan fingerprint density at radius 1 is 1.00 bits per heavy atom. The summed E-state index contributed by atoms with van der Waals surface area (Å²) in [6.45, 7) is 6.90. The Balaban J connectivity index is 1.46. The highest BCUT2D eigenvalue weighted by atomic mass is 16.6. The number of piperidine rings is 1. The minimum atomic E-state index is -0.541. The summed E-state index contributed by atoms with van der Waals surface area (Å²) >= 11 is 0. The predicted octanol–water partition coefficient (Wildman–Crippen LogP) is 5.26. The number of nitrogens with two attached hydrogens (primary N) is 1. The number of carbonyl (C=O) groups excluding carboxylic acids is 2. The minimum Gasteiger partial charge on any atom is -0.456 e. The van der Waals surface area contributed by atoms with Crippen LogP contribution >= 0.6 is 0 Å². The monoisotopic (exact) mass is 488 g/mol. The zero-order valence-electron chi connectivity index (χ0n) is 20.9. The lowest BCUT2D eigenvalue weighted by Crippen LogP contribution is -2.48. The van der Waals surface area contributed by atoms with Crippen molar-refractivity contribution in [2.24, 2.45) is 5.73 Å². The Labute approximate surface area is 211 Å². The fourth-order valence-corrected chi connectivity index (χ4v) is 4.22. The first-order valence-electron chi connectivity index (χ1n) is 12.1. The SMILES string of the molecule is CC(C)(C)OC(=O)NN1CCC(c2ccc(C(N)=O)c(-c3ccc(Oc4ccccc4)cn3)c2)CC1. The number of nitrogens with one attached hydrogen (secondary N) is 1. The van der Waals surface area contributed by atoms with Gasteiger partial charge in [-0.3, -0.25) is 15.2 Å². The summed E-state index contributed by atoms with van der Waals surface area (Å²) in [5.74, 6) is 1.10. The van der Waals surface area contributed by atoms with Crippen molar-refractivity contribution in [3.8, 4) is 22.8 Å². The molecule has 2 amide bonds. The topological polar surface area (TPSA) is 107 Å². The van der Waals surface area contributed by atoms with Crippen LogP contribution in [0, 0.1) is 0 Å². The van der Waals surface area contributed by atoms with Crippen molar-refractivity contribution in [2.75, 3.05) is 13.1 Å². The molecule has 0 unspecified atom stereocenters. The third-order valence-electron chi connectivity index (χ3n) is 5.91. The Kier molecular flexibility index (Phi) is 7.55. The van der Waals surface area contributed by atoms with Crippen molar-refractivity contribution >= 4 is 12.0 Å². The predicted molar refractivity (Wildman–Crippen MR) is 138 cm³/mol. The maximum Gasteiger partial charge on any atom is 0.422 e. The number of ether oxygens (including phenoxy) is 2. The molecule has 1 aromatic heterocycles. The van der Waals surface area contributed by atoms with E-state index in [2.05, 4.69) is 10.4 Å². The van der Waals surface area contributed by atoms with E-state index in [-0.39, 0.29) is 5.92 Å². The van der Waals surface area contributed by atoms with Gasteiger partial charge in [0.2, 0.25) is 5.91 Å². The number of amides is 2. The lowest BCUT2D eigenvalue weighted by molar-refractivity contribution is 0.0286. The first-order chi connectivity index (χ1) is 17.2. The molecular formula is C28H32N4O4. The van der Waals surface area contributed by atoms with E-state index >= 15 is 0 Å². The van der Waals surface area contributed by atoms with E-state index in [1.807, 2.05) is 80.4 Å². The largest absolute Gasteiger partial charge is 0.456 e. The van der Waals surface area contributed by atoms with Gasteiger partial charge in [0.15, 0.2) is 0 Å². The molecule has 3 aromatic rings. The van der Waals surface area contributed by atoms with Crippen LogP contribution in [0.25, 0.3) is 11.3 Å². The molecule has 0 bridgehead atoms. The second kappa shape index (κ2) is 10.8. The summed E-state index contributed by atoms with van der Waals surface area (Å²) in [5.41, 5.74) is 10.8. The van der Waals surface area contributed by atoms with Gasteiger partial charge in [0.05, 0.1) is 11.9 Å². The van der Waals surface area contributed by atoms with Gasteiger partial charge in [0, 0.05) is 24.2 Å². The maximum atomic E-state index is 12.1. The van der Waals surface area contributed by atoms with E-state index in [1.165, 1.54) is 0 Å². The van der Waals surface area contributed by atoms with Gasteiger partial charge >= 0.3 is 6.09 Å². The van der Waals surface area contributed by atoms with Crippen molar-refractivity contribution in [2.45, 2.75) is 45.1 Å². The average Bonchev–Trinajstić information content (AvgIpc) is 2.84. The van der Waals surface area contributed by atoms with Crippen LogP contribution in [0.5, 0.6) is 11.5 Å². The number of hydrogen-bond acceptors (Lipinski definition) is 6. The number of nitrogens with zero attached hydrogens (tertiary/aromatic N) is 2. The number of para-hydroxylation sites is 1. The Bertz CT molecular complexity index is 1200. The van der Waals surface area contributed by atoms with Crippen LogP contribution in [0.3, 0.4) is 0 Å². The molecule has 8 nitrogen and oxygen atoms in total. The van der Waals surface area contributed by atoms with E-state index in [1.54, 1.807) is 12.3 Å². The van der Waals surface area contributed by atoms with E-state index in [9.17, 15) is 9.59 Å². The molecule has 1 aliphatic rings. The van der Waals surface area contributed by atoms with Gasteiger partial charge in [-0.05, 0) is 81.5 Å². The number of hydrogen-bond donors (Lipinski definition) is 2. The summed E-state index contributed by atoms with van der Waals surface area (Å²) in [5, 5.41) is 1.89. The van der Waals surface area contributed by atoms with Gasteiger partial charge in [-0.25, -0.2) is 9.80 Å². The third-order valence-corrected chi connectivity index (χ3v) is 5.91. The van der Waals surface area contributed by atoms with Crippen molar-refractivity contribution in [3.63, 3.8) is 0 Å². The molecule has 36 heavy (non-hydrogen) atoms. The second-order valence-electron chi connectivity index (χ2n) is 9.84. The molecule has 0 atom stereocenters. The number of benzene rings is 2. The molecule has 3 N–H and O–H groups in total. The number of carbonyl (C=O) groups is 2. The lowest BCUT2D eigenvalue weighted by atomic mass is 9.87. The molecule has 0 radical (unpaired) electrons. The molecule has 1 aliphatic heterocycles. The summed E-state index contributed by atoms with van der Waals surface area (Å²) < 4.78 is 11.2. The van der Waals surface area contributed by atoms with Gasteiger partial charge < -0.3 is 15.2 Å². The number of aromatic nitrogens is 1. The highest BCUT2D eigenvalue weighted by Crippen LogP contribution is 2.33. The quantitative estimate of drug-likeness (QED) is 0.490. The van der Waals surface area contributed by atoms with Crippen LogP contribution in [0.2, 0.25) is 0 Å². The fraction of sp³-hybridized carbons (Fsp3) is 0.321. The van der Waals surface area contributed by atoms with E-state index in [0.29, 0.717) is 35.7 Å². The number of pyridine rings is 1. The molecule has 1 fully saturated rings. The molecule has 188 valence electrons. The molecule has 8 heteroatoms. The van der Waals surface area contributed by atoms with Crippen LogP contribution in [0.15, 0.2) is 66.9 Å². The van der Waals surface area contributed by atoms with Gasteiger partial charge in [0.1, 0.15) is 17.1 Å². The van der Waals surface area contributed by atoms with Gasteiger partial charge in [-0.1, -0.05) is 24.3 Å². The smallest absolute Gasteiger partial charge is 0.422 e. The Hall–Kier alpha value is -3.91. The molecule has 0 aliphatic carbocycles. The van der Waals surface area contributed by atoms with Crippen LogP contribution < -0.4 is 15.9 Å². The molecule has 0 spiro atoms. The molecule has 2 aromatic carbocycles. The van der Waals surface area contributed by atoms with Crippen molar-refractivity contribution in [1.82, 2.24) is 15.4 Å². The zero-order chi connectivity index (χ0) is 25.7. The lowest BCUT2D eigenvalue weighted by Gasteiger charge is -2.33.